The highest BCUT2D eigenvalue weighted by molar-refractivity contribution is 6.62. The first-order valence-electron chi connectivity index (χ1n) is 8.35. The maximum Gasteiger partial charge on any atom is 0.494 e. The molecular formula is C20H22BNO3. The van der Waals surface area contributed by atoms with E-state index in [1.54, 1.807) is 6.07 Å². The number of nitrogens with zero attached hydrogens (tertiary/aromatic N) is 1. The summed E-state index contributed by atoms with van der Waals surface area (Å²) in [5.41, 5.74) is 1.88. The molecule has 3 rings (SSSR count). The summed E-state index contributed by atoms with van der Waals surface area (Å²) < 4.78 is 17.9. The third kappa shape index (κ3) is 3.71. The van der Waals surface area contributed by atoms with Gasteiger partial charge >= 0.3 is 7.12 Å². The van der Waals surface area contributed by atoms with E-state index >= 15 is 0 Å². The van der Waals surface area contributed by atoms with Gasteiger partial charge in [0.05, 0.1) is 17.8 Å². The molecule has 5 heteroatoms. The molecule has 0 saturated carbocycles. The summed E-state index contributed by atoms with van der Waals surface area (Å²) in [6, 6.07) is 15.2. The molecular weight excluding hydrogens is 313 g/mol. The van der Waals surface area contributed by atoms with Gasteiger partial charge in [0.25, 0.3) is 0 Å². The molecule has 0 aliphatic carbocycles. The van der Waals surface area contributed by atoms with Crippen molar-refractivity contribution < 1.29 is 14.0 Å². The zero-order valence-electron chi connectivity index (χ0n) is 15.1. The number of ether oxygens (including phenoxy) is 1. The van der Waals surface area contributed by atoms with Gasteiger partial charge in [0, 0.05) is 0 Å². The molecule has 0 spiro atoms. The second-order valence-corrected chi connectivity index (χ2v) is 7.23. The second-order valence-electron chi connectivity index (χ2n) is 7.23. The standard InChI is InChI=1S/C20H22BNO3/c1-19(2)20(3,4)25-21(24-19)16-9-11-18(12-10-16)23-14-15-7-6-8-17(13-15)22-5/h6-13H,14H2,1-4H3. The van der Waals surface area contributed by atoms with E-state index in [2.05, 4.69) is 4.85 Å². The molecule has 0 atom stereocenters. The van der Waals surface area contributed by atoms with Crippen molar-refractivity contribution in [3.8, 4) is 5.75 Å². The van der Waals surface area contributed by atoms with Gasteiger partial charge in [-0.1, -0.05) is 30.3 Å². The largest absolute Gasteiger partial charge is 0.494 e. The quantitative estimate of drug-likeness (QED) is 0.622. The SMILES string of the molecule is [C-]#[N+]c1cccc(COc2ccc(B3OC(C)(C)C(C)(C)O3)cc2)c1. The minimum atomic E-state index is -0.366. The van der Waals surface area contributed by atoms with Crippen molar-refractivity contribution in [2.75, 3.05) is 0 Å². The van der Waals surface area contributed by atoms with Crippen LogP contribution < -0.4 is 10.2 Å². The Balaban J connectivity index is 1.64. The van der Waals surface area contributed by atoms with Crippen molar-refractivity contribution in [2.45, 2.75) is 45.5 Å². The van der Waals surface area contributed by atoms with E-state index < -0.39 is 0 Å². The molecule has 4 nitrogen and oxygen atoms in total. The topological polar surface area (TPSA) is 32.0 Å². The molecule has 2 aromatic rings. The van der Waals surface area contributed by atoms with Crippen LogP contribution in [-0.2, 0) is 15.9 Å². The Hall–Kier alpha value is -2.29. The Morgan fingerprint density at radius 2 is 1.64 bits per heavy atom. The number of rotatable bonds is 4. The molecule has 1 fully saturated rings. The van der Waals surface area contributed by atoms with E-state index in [9.17, 15) is 0 Å². The predicted molar refractivity (Wildman–Crippen MR) is 99.2 cm³/mol. The van der Waals surface area contributed by atoms with E-state index in [1.807, 2.05) is 70.2 Å². The van der Waals surface area contributed by atoms with Crippen LogP contribution in [0, 0.1) is 6.57 Å². The Kier molecular flexibility index (Phi) is 4.59. The van der Waals surface area contributed by atoms with Crippen molar-refractivity contribution in [2.24, 2.45) is 0 Å². The van der Waals surface area contributed by atoms with E-state index in [0.717, 1.165) is 16.8 Å². The average molecular weight is 335 g/mol. The van der Waals surface area contributed by atoms with Gasteiger partial charge in [-0.25, -0.2) is 4.85 Å². The first kappa shape index (κ1) is 17.5. The van der Waals surface area contributed by atoms with Crippen molar-refractivity contribution in [1.29, 1.82) is 0 Å². The number of hydrogen-bond acceptors (Lipinski definition) is 3. The Morgan fingerprint density at radius 3 is 2.24 bits per heavy atom. The highest BCUT2D eigenvalue weighted by Gasteiger charge is 2.51. The average Bonchev–Trinajstić information content (AvgIpc) is 2.81. The lowest BCUT2D eigenvalue weighted by atomic mass is 9.79. The molecule has 1 heterocycles. The lowest BCUT2D eigenvalue weighted by molar-refractivity contribution is 0.00578. The summed E-state index contributed by atoms with van der Waals surface area (Å²) in [6.07, 6.45) is 0. The van der Waals surface area contributed by atoms with Gasteiger partial charge in [-0.15, -0.1) is 0 Å². The highest BCUT2D eigenvalue weighted by atomic mass is 16.7. The highest BCUT2D eigenvalue weighted by Crippen LogP contribution is 2.36. The summed E-state index contributed by atoms with van der Waals surface area (Å²) in [7, 11) is -0.366. The fourth-order valence-electron chi connectivity index (χ4n) is 2.58. The van der Waals surface area contributed by atoms with Crippen LogP contribution >= 0.6 is 0 Å². The van der Waals surface area contributed by atoms with Crippen molar-refractivity contribution in [3.63, 3.8) is 0 Å². The minimum Gasteiger partial charge on any atom is -0.489 e. The molecule has 1 aliphatic heterocycles. The van der Waals surface area contributed by atoms with Crippen LogP contribution in [0.25, 0.3) is 4.85 Å². The van der Waals surface area contributed by atoms with Crippen molar-refractivity contribution in [3.05, 3.63) is 65.5 Å². The summed E-state index contributed by atoms with van der Waals surface area (Å²) >= 11 is 0. The van der Waals surface area contributed by atoms with Crippen LogP contribution in [0.5, 0.6) is 5.75 Å². The smallest absolute Gasteiger partial charge is 0.489 e. The van der Waals surface area contributed by atoms with Crippen LogP contribution in [0.1, 0.15) is 33.3 Å². The van der Waals surface area contributed by atoms with Crippen molar-refractivity contribution in [1.82, 2.24) is 0 Å². The molecule has 128 valence electrons. The number of hydrogen-bond donors (Lipinski definition) is 0. The van der Waals surface area contributed by atoms with Crippen LogP contribution in [0.15, 0.2) is 48.5 Å². The van der Waals surface area contributed by atoms with E-state index in [4.69, 9.17) is 20.6 Å². The molecule has 0 unspecified atom stereocenters. The van der Waals surface area contributed by atoms with Gasteiger partial charge in [-0.3, -0.25) is 0 Å². The summed E-state index contributed by atoms with van der Waals surface area (Å²) in [5, 5.41) is 0. The van der Waals surface area contributed by atoms with Crippen molar-refractivity contribution >= 4 is 18.3 Å². The predicted octanol–water partition coefficient (Wildman–Crippen LogP) is 4.12. The molecule has 0 aromatic heterocycles. The van der Waals surface area contributed by atoms with E-state index in [-0.39, 0.29) is 18.3 Å². The molecule has 0 amide bonds. The summed E-state index contributed by atoms with van der Waals surface area (Å²) in [4.78, 5) is 3.43. The minimum absolute atomic E-state index is 0.346. The van der Waals surface area contributed by atoms with Crippen LogP contribution in [-0.4, -0.2) is 18.3 Å². The molecule has 2 aromatic carbocycles. The Labute approximate surface area is 149 Å². The van der Waals surface area contributed by atoms with Crippen LogP contribution in [0.2, 0.25) is 0 Å². The van der Waals surface area contributed by atoms with Gasteiger partial charge in [0.15, 0.2) is 5.69 Å². The molecule has 0 N–H and O–H groups in total. The van der Waals surface area contributed by atoms with Crippen LogP contribution in [0.3, 0.4) is 0 Å². The van der Waals surface area contributed by atoms with E-state index in [0.29, 0.717) is 12.3 Å². The van der Waals surface area contributed by atoms with Crippen LogP contribution in [0.4, 0.5) is 5.69 Å². The third-order valence-corrected chi connectivity index (χ3v) is 4.85. The second kappa shape index (κ2) is 6.55. The Morgan fingerprint density at radius 1 is 1.00 bits per heavy atom. The first-order chi connectivity index (χ1) is 11.8. The lowest BCUT2D eigenvalue weighted by Gasteiger charge is -2.32. The number of benzene rings is 2. The third-order valence-electron chi connectivity index (χ3n) is 4.85. The monoisotopic (exact) mass is 335 g/mol. The molecule has 0 radical (unpaired) electrons. The maximum absolute atomic E-state index is 7.06. The van der Waals surface area contributed by atoms with Gasteiger partial charge < -0.3 is 14.0 Å². The first-order valence-corrected chi connectivity index (χ1v) is 8.35. The summed E-state index contributed by atoms with van der Waals surface area (Å²) in [5.74, 6) is 0.772. The fourth-order valence-corrected chi connectivity index (χ4v) is 2.58. The molecule has 25 heavy (non-hydrogen) atoms. The maximum atomic E-state index is 7.06. The van der Waals surface area contributed by atoms with Gasteiger partial charge in [0.2, 0.25) is 0 Å². The summed E-state index contributed by atoms with van der Waals surface area (Å²) in [6.45, 7) is 15.7. The molecule has 1 saturated heterocycles. The Bertz CT molecular complexity index is 777. The molecule has 1 aliphatic rings. The molecule has 0 bridgehead atoms. The normalized spacial score (nSPS) is 18.0. The van der Waals surface area contributed by atoms with Gasteiger partial charge in [0.1, 0.15) is 12.4 Å². The lowest BCUT2D eigenvalue weighted by Crippen LogP contribution is -2.41. The zero-order valence-corrected chi connectivity index (χ0v) is 15.1. The fraction of sp³-hybridized carbons (Fsp3) is 0.350. The van der Waals surface area contributed by atoms with Gasteiger partial charge in [-0.05, 0) is 56.9 Å². The van der Waals surface area contributed by atoms with Gasteiger partial charge in [-0.2, -0.15) is 0 Å². The zero-order chi connectivity index (χ0) is 18.1. The van der Waals surface area contributed by atoms with E-state index in [1.165, 1.54) is 0 Å².